The first kappa shape index (κ1) is 13.1. The fraction of sp³-hybridized carbons (Fsp3) is 0.538. The maximum atomic E-state index is 13.3. The van der Waals surface area contributed by atoms with Crippen molar-refractivity contribution in [3.05, 3.63) is 34.6 Å². The van der Waals surface area contributed by atoms with Crippen molar-refractivity contribution in [2.75, 3.05) is 19.0 Å². The molecule has 94 valence electrons. The van der Waals surface area contributed by atoms with Gasteiger partial charge in [-0.25, -0.2) is 4.39 Å². The van der Waals surface area contributed by atoms with Crippen LogP contribution in [-0.4, -0.2) is 23.9 Å². The predicted molar refractivity (Wildman–Crippen MR) is 70.1 cm³/mol. The minimum atomic E-state index is -0.333. The van der Waals surface area contributed by atoms with E-state index in [0.717, 1.165) is 37.5 Å². The number of likely N-dealkylation sites (tertiary alicyclic amines) is 1. The lowest BCUT2D eigenvalue weighted by atomic mass is 10.1. The maximum absolute atomic E-state index is 13.3. The van der Waals surface area contributed by atoms with Crippen LogP contribution >= 0.6 is 23.2 Å². The average Bonchev–Trinajstić information content (AvgIpc) is 2.72. The van der Waals surface area contributed by atoms with Gasteiger partial charge in [0, 0.05) is 19.0 Å². The van der Waals surface area contributed by atoms with E-state index >= 15 is 0 Å². The molecule has 0 N–H and O–H groups in total. The predicted octanol–water partition coefficient (Wildman–Crippen LogP) is 3.93. The van der Waals surface area contributed by atoms with Gasteiger partial charge in [-0.15, -0.1) is 11.6 Å². The lowest BCUT2D eigenvalue weighted by Gasteiger charge is -2.16. The van der Waals surface area contributed by atoms with Gasteiger partial charge in [-0.1, -0.05) is 17.7 Å². The summed E-state index contributed by atoms with van der Waals surface area (Å²) in [6.07, 6.45) is 2.27. The molecule has 1 aromatic rings. The first-order chi connectivity index (χ1) is 8.19. The van der Waals surface area contributed by atoms with Crippen molar-refractivity contribution in [1.29, 1.82) is 0 Å². The van der Waals surface area contributed by atoms with Gasteiger partial charge in [0.15, 0.2) is 0 Å². The Morgan fingerprint density at radius 2 is 2.24 bits per heavy atom. The van der Waals surface area contributed by atoms with Gasteiger partial charge in [0.1, 0.15) is 5.82 Å². The van der Waals surface area contributed by atoms with Crippen LogP contribution in [-0.2, 0) is 6.54 Å². The van der Waals surface area contributed by atoms with Crippen LogP contribution in [0.2, 0.25) is 5.02 Å². The molecule has 1 heterocycles. The summed E-state index contributed by atoms with van der Waals surface area (Å²) in [5.41, 5.74) is 0.985. The molecule has 1 aliphatic rings. The van der Waals surface area contributed by atoms with Gasteiger partial charge in [0.25, 0.3) is 0 Å². The maximum Gasteiger partial charge on any atom is 0.142 e. The van der Waals surface area contributed by atoms with E-state index in [1.807, 2.05) is 6.07 Å². The highest BCUT2D eigenvalue weighted by atomic mass is 35.5. The average molecular weight is 276 g/mol. The zero-order chi connectivity index (χ0) is 12.3. The van der Waals surface area contributed by atoms with Crippen LogP contribution in [0.25, 0.3) is 0 Å². The molecule has 0 bridgehead atoms. The molecule has 17 heavy (non-hydrogen) atoms. The summed E-state index contributed by atoms with van der Waals surface area (Å²) in [6.45, 7) is 2.94. The smallest absolute Gasteiger partial charge is 0.142 e. The van der Waals surface area contributed by atoms with Gasteiger partial charge in [-0.2, -0.15) is 0 Å². The molecule has 1 nitrogen and oxygen atoms in total. The van der Waals surface area contributed by atoms with Crippen LogP contribution in [0.1, 0.15) is 18.4 Å². The Hall–Kier alpha value is -0.310. The number of hydrogen-bond donors (Lipinski definition) is 0. The van der Waals surface area contributed by atoms with Crippen LogP contribution in [0.15, 0.2) is 18.2 Å². The number of alkyl halides is 1. The van der Waals surface area contributed by atoms with Gasteiger partial charge in [-0.05, 0) is 43.0 Å². The normalized spacial score (nSPS) is 21.0. The first-order valence-corrected chi connectivity index (χ1v) is 6.82. The molecule has 1 atom stereocenters. The van der Waals surface area contributed by atoms with E-state index in [9.17, 15) is 4.39 Å². The van der Waals surface area contributed by atoms with E-state index in [4.69, 9.17) is 23.2 Å². The lowest BCUT2D eigenvalue weighted by Crippen LogP contribution is -2.20. The van der Waals surface area contributed by atoms with Crippen LogP contribution in [0.4, 0.5) is 4.39 Å². The van der Waals surface area contributed by atoms with Crippen molar-refractivity contribution in [2.45, 2.75) is 19.4 Å². The van der Waals surface area contributed by atoms with Crippen LogP contribution < -0.4 is 0 Å². The molecule has 0 aromatic heterocycles. The van der Waals surface area contributed by atoms with E-state index in [1.165, 1.54) is 12.5 Å². The van der Waals surface area contributed by atoms with Gasteiger partial charge < -0.3 is 0 Å². The van der Waals surface area contributed by atoms with Crippen molar-refractivity contribution in [1.82, 2.24) is 4.90 Å². The molecular formula is C13H16Cl2FN. The number of nitrogens with zero attached hydrogens (tertiary/aromatic N) is 1. The second-order valence-corrected chi connectivity index (χ2v) is 5.40. The summed E-state index contributed by atoms with van der Waals surface area (Å²) in [7, 11) is 0. The SMILES string of the molecule is Fc1cc(CN2CCC(CCCl)C2)ccc1Cl. The van der Waals surface area contributed by atoms with Crippen LogP contribution in [0.5, 0.6) is 0 Å². The summed E-state index contributed by atoms with van der Waals surface area (Å²) in [5, 5.41) is 0.190. The minimum absolute atomic E-state index is 0.190. The Balaban J connectivity index is 1.91. The van der Waals surface area contributed by atoms with Gasteiger partial charge in [0.05, 0.1) is 5.02 Å². The summed E-state index contributed by atoms with van der Waals surface area (Å²) in [4.78, 5) is 2.35. The molecule has 4 heteroatoms. The Morgan fingerprint density at radius 3 is 2.94 bits per heavy atom. The second-order valence-electron chi connectivity index (χ2n) is 4.62. The first-order valence-electron chi connectivity index (χ1n) is 5.91. The molecule has 1 fully saturated rings. The Bertz CT molecular complexity index is 384. The summed E-state index contributed by atoms with van der Waals surface area (Å²) in [5.74, 6) is 1.10. The molecule has 0 radical (unpaired) electrons. The quantitative estimate of drug-likeness (QED) is 0.753. The van der Waals surface area contributed by atoms with Gasteiger partial charge in [0.2, 0.25) is 0 Å². The third-order valence-corrected chi connectivity index (χ3v) is 3.80. The monoisotopic (exact) mass is 275 g/mol. The zero-order valence-electron chi connectivity index (χ0n) is 9.63. The van der Waals surface area contributed by atoms with Crippen LogP contribution in [0.3, 0.4) is 0 Å². The number of hydrogen-bond acceptors (Lipinski definition) is 1. The van der Waals surface area contributed by atoms with Gasteiger partial charge >= 0.3 is 0 Å². The molecule has 1 unspecified atom stereocenters. The molecule has 0 amide bonds. The highest BCUT2D eigenvalue weighted by Crippen LogP contribution is 2.23. The summed E-state index contributed by atoms with van der Waals surface area (Å²) < 4.78 is 13.3. The molecule has 2 rings (SSSR count). The highest BCUT2D eigenvalue weighted by molar-refractivity contribution is 6.30. The standard InChI is InChI=1S/C13H16Cl2FN/c14-5-3-10-4-6-17(8-10)9-11-1-2-12(15)13(16)7-11/h1-2,7,10H,3-6,8-9H2. The second kappa shape index (κ2) is 6.03. The minimum Gasteiger partial charge on any atom is -0.299 e. The number of halogens is 3. The fourth-order valence-corrected chi connectivity index (χ4v) is 2.77. The molecule has 1 saturated heterocycles. The molecule has 0 saturated carbocycles. The number of benzene rings is 1. The third-order valence-electron chi connectivity index (χ3n) is 3.28. The summed E-state index contributed by atoms with van der Waals surface area (Å²) in [6, 6.07) is 5.04. The Morgan fingerprint density at radius 1 is 1.41 bits per heavy atom. The van der Waals surface area contributed by atoms with E-state index in [1.54, 1.807) is 6.07 Å². The van der Waals surface area contributed by atoms with Crippen molar-refractivity contribution in [3.63, 3.8) is 0 Å². The van der Waals surface area contributed by atoms with Crippen LogP contribution in [0, 0.1) is 11.7 Å². The zero-order valence-corrected chi connectivity index (χ0v) is 11.1. The third kappa shape index (κ3) is 3.57. The van der Waals surface area contributed by atoms with E-state index in [2.05, 4.69) is 4.90 Å². The Labute approximate surface area is 112 Å². The molecule has 0 spiro atoms. The van der Waals surface area contributed by atoms with E-state index in [0.29, 0.717) is 5.92 Å². The van der Waals surface area contributed by atoms with Crippen molar-refractivity contribution in [2.24, 2.45) is 5.92 Å². The number of rotatable bonds is 4. The fourth-order valence-electron chi connectivity index (χ4n) is 2.34. The molecule has 0 aliphatic carbocycles. The van der Waals surface area contributed by atoms with Crippen molar-refractivity contribution in [3.8, 4) is 0 Å². The van der Waals surface area contributed by atoms with Crippen molar-refractivity contribution < 1.29 is 4.39 Å². The molecular weight excluding hydrogens is 260 g/mol. The molecule has 1 aliphatic heterocycles. The van der Waals surface area contributed by atoms with E-state index < -0.39 is 0 Å². The van der Waals surface area contributed by atoms with Gasteiger partial charge in [-0.3, -0.25) is 4.90 Å². The van der Waals surface area contributed by atoms with Crippen molar-refractivity contribution >= 4 is 23.2 Å². The highest BCUT2D eigenvalue weighted by Gasteiger charge is 2.21. The lowest BCUT2D eigenvalue weighted by molar-refractivity contribution is 0.315. The summed E-state index contributed by atoms with van der Waals surface area (Å²) >= 11 is 11.4. The molecule has 1 aromatic carbocycles. The Kier molecular flexibility index (Phi) is 4.66. The largest absolute Gasteiger partial charge is 0.299 e. The van der Waals surface area contributed by atoms with E-state index in [-0.39, 0.29) is 10.8 Å². The topological polar surface area (TPSA) is 3.24 Å².